The Kier molecular flexibility index (Phi) is 4.32. The summed E-state index contributed by atoms with van der Waals surface area (Å²) in [6.45, 7) is 0.850. The number of nitrogens with one attached hydrogen (secondary N) is 1. The van der Waals surface area contributed by atoms with Crippen molar-refractivity contribution in [3.8, 4) is 6.07 Å². The molecule has 3 nitrogen and oxygen atoms in total. The molecule has 0 radical (unpaired) electrons. The van der Waals surface area contributed by atoms with Gasteiger partial charge in [0, 0.05) is 29.1 Å². The smallest absolute Gasteiger partial charge is 0.100 e. The summed E-state index contributed by atoms with van der Waals surface area (Å²) >= 11 is 3.37. The molecule has 0 bridgehead atoms. The van der Waals surface area contributed by atoms with Gasteiger partial charge in [0.1, 0.15) is 6.07 Å². The molecule has 18 heavy (non-hydrogen) atoms. The van der Waals surface area contributed by atoms with Crippen molar-refractivity contribution < 1.29 is 0 Å². The molecule has 1 aromatic heterocycles. The Morgan fingerprint density at radius 2 is 2.00 bits per heavy atom. The lowest BCUT2D eigenvalue weighted by Crippen LogP contribution is -2.04. The van der Waals surface area contributed by atoms with Gasteiger partial charge in [0.05, 0.1) is 5.56 Å². The van der Waals surface area contributed by atoms with Gasteiger partial charge in [-0.1, -0.05) is 0 Å². The van der Waals surface area contributed by atoms with E-state index < -0.39 is 0 Å². The highest BCUT2D eigenvalue weighted by molar-refractivity contribution is 9.10. The first kappa shape index (κ1) is 12.6. The Hall–Kier alpha value is -1.86. The molecule has 0 atom stereocenters. The van der Waals surface area contributed by atoms with E-state index in [9.17, 15) is 0 Å². The Morgan fingerprint density at radius 3 is 2.67 bits per heavy atom. The largest absolute Gasteiger partial charge is 0.385 e. The molecule has 0 aliphatic rings. The van der Waals surface area contributed by atoms with Crippen LogP contribution in [0.2, 0.25) is 0 Å². The third-order valence-corrected chi connectivity index (χ3v) is 3.24. The quantitative estimate of drug-likeness (QED) is 0.942. The second-order valence-corrected chi connectivity index (χ2v) is 4.69. The number of pyridine rings is 1. The monoisotopic (exact) mass is 301 g/mol. The lowest BCUT2D eigenvalue weighted by molar-refractivity contribution is 1.01. The topological polar surface area (TPSA) is 48.7 Å². The maximum Gasteiger partial charge on any atom is 0.100 e. The number of aromatic nitrogens is 1. The standard InChI is InChI=1S/C14H12BrN3/c15-14-9-13(2-1-12(14)10-16)18-8-5-11-3-6-17-7-4-11/h1-4,6-7,9,18H,5,8H2. The molecule has 0 spiro atoms. The van der Waals surface area contributed by atoms with Crippen molar-refractivity contribution in [1.29, 1.82) is 5.26 Å². The summed E-state index contributed by atoms with van der Waals surface area (Å²) < 4.78 is 0.818. The summed E-state index contributed by atoms with van der Waals surface area (Å²) in [5, 5.41) is 12.2. The summed E-state index contributed by atoms with van der Waals surface area (Å²) in [7, 11) is 0. The summed E-state index contributed by atoms with van der Waals surface area (Å²) in [6.07, 6.45) is 4.54. The third kappa shape index (κ3) is 3.31. The first-order valence-electron chi connectivity index (χ1n) is 5.62. The number of nitrogens with zero attached hydrogens (tertiary/aromatic N) is 2. The second-order valence-electron chi connectivity index (χ2n) is 3.84. The molecule has 0 unspecified atom stereocenters. The van der Waals surface area contributed by atoms with Gasteiger partial charge in [-0.05, 0) is 58.2 Å². The molecule has 0 amide bonds. The lowest BCUT2D eigenvalue weighted by atomic mass is 10.2. The van der Waals surface area contributed by atoms with Crippen LogP contribution >= 0.6 is 15.9 Å². The van der Waals surface area contributed by atoms with Crippen LogP contribution in [0.25, 0.3) is 0 Å². The molecule has 2 rings (SSSR count). The predicted octanol–water partition coefficient (Wildman–Crippen LogP) is 3.37. The van der Waals surface area contributed by atoms with Crippen molar-refractivity contribution in [2.45, 2.75) is 6.42 Å². The number of halogens is 1. The molecule has 0 saturated carbocycles. The second kappa shape index (κ2) is 6.18. The van der Waals surface area contributed by atoms with Crippen molar-refractivity contribution >= 4 is 21.6 Å². The van der Waals surface area contributed by atoms with Crippen LogP contribution < -0.4 is 5.32 Å². The first-order valence-corrected chi connectivity index (χ1v) is 6.41. The Bertz CT molecular complexity index is 561. The van der Waals surface area contributed by atoms with Gasteiger partial charge in [0.2, 0.25) is 0 Å². The molecule has 0 fully saturated rings. The summed E-state index contributed by atoms with van der Waals surface area (Å²) in [5.41, 5.74) is 2.91. The number of nitriles is 1. The fourth-order valence-electron chi connectivity index (χ4n) is 1.62. The van der Waals surface area contributed by atoms with Crippen LogP contribution in [-0.4, -0.2) is 11.5 Å². The Balaban J connectivity index is 1.91. The average molecular weight is 302 g/mol. The Morgan fingerprint density at radius 1 is 1.22 bits per heavy atom. The average Bonchev–Trinajstić information content (AvgIpc) is 2.40. The van der Waals surface area contributed by atoms with E-state index in [0.29, 0.717) is 5.56 Å². The van der Waals surface area contributed by atoms with Gasteiger partial charge in [0.25, 0.3) is 0 Å². The molecular formula is C14H12BrN3. The van der Waals surface area contributed by atoms with E-state index in [1.165, 1.54) is 5.56 Å². The number of benzene rings is 1. The highest BCUT2D eigenvalue weighted by Gasteiger charge is 2.00. The van der Waals surface area contributed by atoms with E-state index >= 15 is 0 Å². The molecule has 1 N–H and O–H groups in total. The van der Waals surface area contributed by atoms with Crippen molar-refractivity contribution in [2.75, 3.05) is 11.9 Å². The fraction of sp³-hybridized carbons (Fsp3) is 0.143. The SMILES string of the molecule is N#Cc1ccc(NCCc2ccncc2)cc1Br. The van der Waals surface area contributed by atoms with Crippen LogP contribution in [0.4, 0.5) is 5.69 Å². The number of hydrogen-bond donors (Lipinski definition) is 1. The van der Waals surface area contributed by atoms with E-state index in [2.05, 4.69) is 32.3 Å². The maximum atomic E-state index is 8.83. The van der Waals surface area contributed by atoms with Gasteiger partial charge in [-0.3, -0.25) is 4.98 Å². The van der Waals surface area contributed by atoms with E-state index in [4.69, 9.17) is 5.26 Å². The maximum absolute atomic E-state index is 8.83. The van der Waals surface area contributed by atoms with Gasteiger partial charge < -0.3 is 5.32 Å². The van der Waals surface area contributed by atoms with Crippen molar-refractivity contribution in [1.82, 2.24) is 4.98 Å². The molecule has 0 aliphatic heterocycles. The summed E-state index contributed by atoms with van der Waals surface area (Å²) in [5.74, 6) is 0. The lowest BCUT2D eigenvalue weighted by Gasteiger charge is -2.07. The van der Waals surface area contributed by atoms with Crippen molar-refractivity contribution in [2.24, 2.45) is 0 Å². The zero-order valence-electron chi connectivity index (χ0n) is 9.73. The van der Waals surface area contributed by atoms with Crippen molar-refractivity contribution in [3.63, 3.8) is 0 Å². The molecule has 1 aromatic carbocycles. The molecular weight excluding hydrogens is 290 g/mol. The van der Waals surface area contributed by atoms with Crippen LogP contribution in [-0.2, 0) is 6.42 Å². The molecule has 90 valence electrons. The molecule has 2 aromatic rings. The minimum Gasteiger partial charge on any atom is -0.385 e. The normalized spacial score (nSPS) is 9.78. The number of hydrogen-bond acceptors (Lipinski definition) is 3. The van der Waals surface area contributed by atoms with E-state index in [-0.39, 0.29) is 0 Å². The molecule has 1 heterocycles. The Labute approximate surface area is 115 Å². The highest BCUT2D eigenvalue weighted by Crippen LogP contribution is 2.20. The van der Waals surface area contributed by atoms with Gasteiger partial charge >= 0.3 is 0 Å². The number of rotatable bonds is 4. The molecule has 0 aliphatic carbocycles. The minimum atomic E-state index is 0.648. The summed E-state index contributed by atoms with van der Waals surface area (Å²) in [4.78, 5) is 3.99. The van der Waals surface area contributed by atoms with Gasteiger partial charge in [0.15, 0.2) is 0 Å². The van der Waals surface area contributed by atoms with E-state index in [1.807, 2.05) is 24.3 Å². The van der Waals surface area contributed by atoms with Gasteiger partial charge in [-0.2, -0.15) is 5.26 Å². The van der Waals surface area contributed by atoms with Crippen LogP contribution in [0.5, 0.6) is 0 Å². The first-order chi connectivity index (χ1) is 8.79. The van der Waals surface area contributed by atoms with Gasteiger partial charge in [-0.25, -0.2) is 0 Å². The van der Waals surface area contributed by atoms with E-state index in [1.54, 1.807) is 18.5 Å². The van der Waals surface area contributed by atoms with Crippen LogP contribution in [0.3, 0.4) is 0 Å². The fourth-order valence-corrected chi connectivity index (χ4v) is 2.08. The molecule has 4 heteroatoms. The van der Waals surface area contributed by atoms with Gasteiger partial charge in [-0.15, -0.1) is 0 Å². The minimum absolute atomic E-state index is 0.648. The van der Waals surface area contributed by atoms with E-state index in [0.717, 1.165) is 23.1 Å². The zero-order valence-corrected chi connectivity index (χ0v) is 11.3. The molecule has 0 saturated heterocycles. The summed E-state index contributed by atoms with van der Waals surface area (Å²) in [6, 6.07) is 11.8. The van der Waals surface area contributed by atoms with Crippen molar-refractivity contribution in [3.05, 3.63) is 58.3 Å². The highest BCUT2D eigenvalue weighted by atomic mass is 79.9. The predicted molar refractivity (Wildman–Crippen MR) is 75.3 cm³/mol. The number of anilines is 1. The van der Waals surface area contributed by atoms with Crippen LogP contribution in [0.1, 0.15) is 11.1 Å². The zero-order chi connectivity index (χ0) is 12.8. The van der Waals surface area contributed by atoms with Crippen LogP contribution in [0.15, 0.2) is 47.2 Å². The van der Waals surface area contributed by atoms with Crippen LogP contribution in [0, 0.1) is 11.3 Å². The third-order valence-electron chi connectivity index (χ3n) is 2.58.